The average molecular weight is 227 g/mol. The second-order valence-corrected chi connectivity index (χ2v) is 3.10. The van der Waals surface area contributed by atoms with Crippen molar-refractivity contribution in [3.63, 3.8) is 0 Å². The Labute approximate surface area is 79.1 Å². The van der Waals surface area contributed by atoms with Crippen LogP contribution in [0, 0.1) is 11.3 Å². The lowest BCUT2D eigenvalue weighted by Crippen LogP contribution is -1.98. The van der Waals surface area contributed by atoms with Crippen LogP contribution in [-0.4, -0.2) is 12.1 Å². The lowest BCUT2D eigenvalue weighted by molar-refractivity contribution is 0.148. The van der Waals surface area contributed by atoms with Gasteiger partial charge in [0.15, 0.2) is 6.10 Å². The van der Waals surface area contributed by atoms with Crippen molar-refractivity contribution in [3.8, 4) is 6.07 Å². The maximum Gasteiger partial charge on any atom is 0.170 e. The van der Waals surface area contributed by atoms with Crippen molar-refractivity contribution in [2.75, 3.05) is 7.11 Å². The van der Waals surface area contributed by atoms with Crippen LogP contribution in [-0.2, 0) is 4.74 Å². The van der Waals surface area contributed by atoms with Gasteiger partial charge in [0.25, 0.3) is 0 Å². The summed E-state index contributed by atoms with van der Waals surface area (Å²) in [4.78, 5) is 3.92. The summed E-state index contributed by atoms with van der Waals surface area (Å²) in [5.74, 6) is 0. The van der Waals surface area contributed by atoms with Gasteiger partial charge in [0.05, 0.1) is 6.07 Å². The Balaban J connectivity index is 2.95. The molecule has 0 aliphatic rings. The van der Waals surface area contributed by atoms with Crippen LogP contribution in [0.25, 0.3) is 0 Å². The molecule has 1 atom stereocenters. The SMILES string of the molecule is COC(C#N)c1cncc(Br)c1. The zero-order valence-electron chi connectivity index (χ0n) is 6.49. The van der Waals surface area contributed by atoms with Crippen LogP contribution in [0.3, 0.4) is 0 Å². The molecule has 62 valence electrons. The molecular formula is C8H7BrN2O. The van der Waals surface area contributed by atoms with Gasteiger partial charge >= 0.3 is 0 Å². The van der Waals surface area contributed by atoms with Gasteiger partial charge in [0.2, 0.25) is 0 Å². The van der Waals surface area contributed by atoms with Crippen LogP contribution in [0.2, 0.25) is 0 Å². The number of halogens is 1. The van der Waals surface area contributed by atoms with Crippen molar-refractivity contribution < 1.29 is 4.74 Å². The van der Waals surface area contributed by atoms with E-state index < -0.39 is 6.10 Å². The number of nitriles is 1. The van der Waals surface area contributed by atoms with Gasteiger partial charge in [-0.1, -0.05) is 0 Å². The van der Waals surface area contributed by atoms with Crippen LogP contribution in [0.1, 0.15) is 11.7 Å². The first-order chi connectivity index (χ1) is 5.77. The molecule has 1 heterocycles. The highest BCUT2D eigenvalue weighted by atomic mass is 79.9. The van der Waals surface area contributed by atoms with Crippen molar-refractivity contribution in [2.24, 2.45) is 0 Å². The first-order valence-electron chi connectivity index (χ1n) is 3.30. The van der Waals surface area contributed by atoms with E-state index in [-0.39, 0.29) is 0 Å². The van der Waals surface area contributed by atoms with Gasteiger partial charge < -0.3 is 4.74 Å². The van der Waals surface area contributed by atoms with Crippen LogP contribution in [0.4, 0.5) is 0 Å². The highest BCUT2D eigenvalue weighted by molar-refractivity contribution is 9.10. The number of methoxy groups -OCH3 is 1. The fourth-order valence-corrected chi connectivity index (χ4v) is 1.22. The summed E-state index contributed by atoms with van der Waals surface area (Å²) in [5, 5.41) is 8.65. The van der Waals surface area contributed by atoms with E-state index >= 15 is 0 Å². The summed E-state index contributed by atoms with van der Waals surface area (Å²) in [7, 11) is 1.49. The third-order valence-corrected chi connectivity index (χ3v) is 1.82. The standard InChI is InChI=1S/C8H7BrN2O/c1-12-8(3-10)6-2-7(9)5-11-4-6/h2,4-5,8H,1H3. The highest BCUT2D eigenvalue weighted by Crippen LogP contribution is 2.18. The van der Waals surface area contributed by atoms with Gasteiger partial charge in [-0.05, 0) is 22.0 Å². The van der Waals surface area contributed by atoms with E-state index in [1.54, 1.807) is 12.4 Å². The molecule has 1 aromatic rings. The molecule has 0 fully saturated rings. The van der Waals surface area contributed by atoms with Crippen LogP contribution in [0.15, 0.2) is 22.9 Å². The zero-order chi connectivity index (χ0) is 8.97. The van der Waals surface area contributed by atoms with Crippen molar-refractivity contribution in [3.05, 3.63) is 28.5 Å². The minimum absolute atomic E-state index is 0.532. The van der Waals surface area contributed by atoms with E-state index in [0.717, 1.165) is 10.0 Å². The molecule has 3 nitrogen and oxygen atoms in total. The zero-order valence-corrected chi connectivity index (χ0v) is 8.08. The molecule has 0 saturated heterocycles. The predicted octanol–water partition coefficient (Wildman–Crippen LogP) is 2.06. The topological polar surface area (TPSA) is 45.9 Å². The van der Waals surface area contributed by atoms with E-state index in [1.165, 1.54) is 7.11 Å². The fraction of sp³-hybridized carbons (Fsp3) is 0.250. The van der Waals surface area contributed by atoms with Crippen molar-refractivity contribution in [2.45, 2.75) is 6.10 Å². The maximum absolute atomic E-state index is 8.65. The van der Waals surface area contributed by atoms with E-state index in [9.17, 15) is 0 Å². The van der Waals surface area contributed by atoms with Gasteiger partial charge in [-0.15, -0.1) is 0 Å². The molecule has 0 aliphatic carbocycles. The summed E-state index contributed by atoms with van der Waals surface area (Å²) in [6, 6.07) is 3.82. The molecule has 0 saturated carbocycles. The fourth-order valence-electron chi connectivity index (χ4n) is 0.835. The van der Waals surface area contributed by atoms with E-state index in [0.29, 0.717) is 0 Å². The summed E-state index contributed by atoms with van der Waals surface area (Å²) >= 11 is 3.26. The minimum atomic E-state index is -0.532. The Morgan fingerprint density at radius 1 is 1.67 bits per heavy atom. The monoisotopic (exact) mass is 226 g/mol. The Kier molecular flexibility index (Phi) is 3.20. The summed E-state index contributed by atoms with van der Waals surface area (Å²) in [6.07, 6.45) is 2.74. The molecule has 0 amide bonds. The lowest BCUT2D eigenvalue weighted by Gasteiger charge is -2.05. The maximum atomic E-state index is 8.65. The number of aromatic nitrogens is 1. The van der Waals surface area contributed by atoms with E-state index in [1.807, 2.05) is 12.1 Å². The molecule has 12 heavy (non-hydrogen) atoms. The molecule has 0 bridgehead atoms. The third kappa shape index (κ3) is 2.03. The van der Waals surface area contributed by atoms with Crippen molar-refractivity contribution in [1.82, 2.24) is 4.98 Å². The normalized spacial score (nSPS) is 12.1. The molecule has 1 unspecified atom stereocenters. The highest BCUT2D eigenvalue weighted by Gasteiger charge is 2.08. The van der Waals surface area contributed by atoms with Crippen LogP contribution < -0.4 is 0 Å². The van der Waals surface area contributed by atoms with Gasteiger partial charge in [-0.3, -0.25) is 4.98 Å². The average Bonchev–Trinajstić information content (AvgIpc) is 2.07. The largest absolute Gasteiger partial charge is 0.362 e. The number of hydrogen-bond acceptors (Lipinski definition) is 3. The van der Waals surface area contributed by atoms with Gasteiger partial charge in [-0.2, -0.15) is 5.26 Å². The molecule has 0 aliphatic heterocycles. The minimum Gasteiger partial charge on any atom is -0.362 e. The first-order valence-corrected chi connectivity index (χ1v) is 4.10. The van der Waals surface area contributed by atoms with E-state index in [4.69, 9.17) is 10.00 Å². The molecule has 4 heteroatoms. The van der Waals surface area contributed by atoms with Crippen molar-refractivity contribution in [1.29, 1.82) is 5.26 Å². The number of rotatable bonds is 2. The summed E-state index contributed by atoms with van der Waals surface area (Å²) in [5.41, 5.74) is 0.759. The smallest absolute Gasteiger partial charge is 0.170 e. The third-order valence-electron chi connectivity index (χ3n) is 1.38. The quantitative estimate of drug-likeness (QED) is 0.776. The van der Waals surface area contributed by atoms with E-state index in [2.05, 4.69) is 20.9 Å². The number of ether oxygens (including phenoxy) is 1. The Morgan fingerprint density at radius 2 is 2.42 bits per heavy atom. The molecule has 0 N–H and O–H groups in total. The Morgan fingerprint density at radius 3 is 2.92 bits per heavy atom. The van der Waals surface area contributed by atoms with Crippen LogP contribution >= 0.6 is 15.9 Å². The molecule has 0 radical (unpaired) electrons. The second-order valence-electron chi connectivity index (χ2n) is 2.18. The molecule has 1 aromatic heterocycles. The second kappa shape index (κ2) is 4.19. The number of pyridine rings is 1. The number of hydrogen-bond donors (Lipinski definition) is 0. The van der Waals surface area contributed by atoms with Gasteiger partial charge in [0.1, 0.15) is 0 Å². The first kappa shape index (κ1) is 9.17. The molecule has 1 rings (SSSR count). The number of nitrogens with zero attached hydrogens (tertiary/aromatic N) is 2. The molecular weight excluding hydrogens is 220 g/mol. The summed E-state index contributed by atoms with van der Waals surface area (Å²) < 4.78 is 5.76. The predicted molar refractivity (Wildman–Crippen MR) is 47.3 cm³/mol. The Bertz CT molecular complexity index is 308. The molecule has 0 spiro atoms. The van der Waals surface area contributed by atoms with Gasteiger partial charge in [0, 0.05) is 29.5 Å². The van der Waals surface area contributed by atoms with Gasteiger partial charge in [-0.25, -0.2) is 0 Å². The van der Waals surface area contributed by atoms with Crippen LogP contribution in [0.5, 0.6) is 0 Å². The lowest BCUT2D eigenvalue weighted by atomic mass is 10.2. The molecule has 0 aromatic carbocycles. The Hall–Kier alpha value is -0.920. The van der Waals surface area contributed by atoms with Crippen molar-refractivity contribution >= 4 is 15.9 Å². The summed E-state index contributed by atoms with van der Waals surface area (Å²) in [6.45, 7) is 0.